The number of carboxylic acid groups (broad SMARTS) is 1. The third kappa shape index (κ3) is 4.35. The highest BCUT2D eigenvalue weighted by Gasteiger charge is 2.52. The maximum atomic E-state index is 13.0. The molecular formula is C21H29N3O4. The van der Waals surface area contributed by atoms with Gasteiger partial charge in [0.1, 0.15) is 6.54 Å². The van der Waals surface area contributed by atoms with Crippen molar-refractivity contribution < 1.29 is 19.5 Å². The number of amides is 2. The van der Waals surface area contributed by atoms with E-state index < -0.39 is 17.7 Å². The zero-order valence-corrected chi connectivity index (χ0v) is 16.4. The van der Waals surface area contributed by atoms with E-state index in [9.17, 15) is 19.5 Å². The fourth-order valence-corrected chi connectivity index (χ4v) is 4.24. The van der Waals surface area contributed by atoms with Gasteiger partial charge in [-0.25, -0.2) is 0 Å². The number of carbonyl (C=O) groups excluding carboxylic acids is 2. The Balaban J connectivity index is 1.72. The molecule has 1 spiro atoms. The summed E-state index contributed by atoms with van der Waals surface area (Å²) in [6.45, 7) is 2.82. The van der Waals surface area contributed by atoms with E-state index >= 15 is 0 Å². The second-order valence-electron chi connectivity index (χ2n) is 7.72. The summed E-state index contributed by atoms with van der Waals surface area (Å²) < 4.78 is 0. The van der Waals surface area contributed by atoms with Gasteiger partial charge in [-0.3, -0.25) is 19.7 Å². The Morgan fingerprint density at radius 1 is 1.21 bits per heavy atom. The van der Waals surface area contributed by atoms with Crippen molar-refractivity contribution in [1.82, 2.24) is 15.1 Å². The number of aliphatic carboxylic acids is 1. The summed E-state index contributed by atoms with van der Waals surface area (Å²) in [5.74, 6) is -1.04. The number of carbonyl (C=O) groups is 3. The standard InChI is InChI=1S/C21H29N3O4/c1-2-3-9-18(25)23-12-10-21(11-13-23)22-17(14-16-7-5-4-6-8-16)20(28)24(21)15-19(26)27/h4-8,17,22H,2-3,9-15H2,1H3,(H,26,27). The molecule has 1 aromatic carbocycles. The fraction of sp³-hybridized carbons (Fsp3) is 0.571. The van der Waals surface area contributed by atoms with Crippen LogP contribution < -0.4 is 5.32 Å². The second kappa shape index (κ2) is 8.73. The Hall–Kier alpha value is -2.41. The van der Waals surface area contributed by atoms with Crippen molar-refractivity contribution in [2.75, 3.05) is 19.6 Å². The maximum Gasteiger partial charge on any atom is 0.323 e. The van der Waals surface area contributed by atoms with Gasteiger partial charge in [-0.15, -0.1) is 0 Å². The molecule has 0 aliphatic carbocycles. The van der Waals surface area contributed by atoms with E-state index in [1.54, 1.807) is 0 Å². The van der Waals surface area contributed by atoms with Gasteiger partial charge < -0.3 is 14.9 Å². The number of likely N-dealkylation sites (tertiary alicyclic amines) is 1. The number of hydrogen-bond acceptors (Lipinski definition) is 4. The van der Waals surface area contributed by atoms with Crippen LogP contribution in [-0.2, 0) is 20.8 Å². The molecule has 2 fully saturated rings. The van der Waals surface area contributed by atoms with Crippen LogP contribution in [0.15, 0.2) is 30.3 Å². The smallest absolute Gasteiger partial charge is 0.323 e. The average Bonchev–Trinajstić information content (AvgIpc) is 2.92. The normalized spacial score (nSPS) is 21.3. The Labute approximate surface area is 165 Å². The van der Waals surface area contributed by atoms with Gasteiger partial charge in [-0.05, 0) is 18.4 Å². The van der Waals surface area contributed by atoms with Gasteiger partial charge in [0.2, 0.25) is 11.8 Å². The molecule has 0 aromatic heterocycles. The van der Waals surface area contributed by atoms with E-state index in [0.29, 0.717) is 38.8 Å². The van der Waals surface area contributed by atoms with Crippen molar-refractivity contribution in [3.8, 4) is 0 Å². The first kappa shape index (κ1) is 20.3. The molecular weight excluding hydrogens is 358 g/mol. The van der Waals surface area contributed by atoms with E-state index in [1.165, 1.54) is 4.90 Å². The number of hydrogen-bond donors (Lipinski definition) is 2. The van der Waals surface area contributed by atoms with Gasteiger partial charge in [-0.2, -0.15) is 0 Å². The van der Waals surface area contributed by atoms with Crippen molar-refractivity contribution in [3.05, 3.63) is 35.9 Å². The largest absolute Gasteiger partial charge is 0.480 e. The predicted octanol–water partition coefficient (Wildman–Crippen LogP) is 1.62. The van der Waals surface area contributed by atoms with Crippen LogP contribution >= 0.6 is 0 Å². The average molecular weight is 387 g/mol. The summed E-state index contributed by atoms with van der Waals surface area (Å²) in [5.41, 5.74) is 0.351. The maximum absolute atomic E-state index is 13.0. The van der Waals surface area contributed by atoms with Gasteiger partial charge in [0.15, 0.2) is 0 Å². The number of carboxylic acids is 1. The fourth-order valence-electron chi connectivity index (χ4n) is 4.24. The molecule has 0 saturated carbocycles. The molecule has 7 heteroatoms. The highest BCUT2D eigenvalue weighted by molar-refractivity contribution is 5.88. The molecule has 7 nitrogen and oxygen atoms in total. The van der Waals surface area contributed by atoms with Crippen LogP contribution in [-0.4, -0.2) is 64.0 Å². The number of unbranched alkanes of at least 4 members (excludes halogenated alkanes) is 1. The predicted molar refractivity (Wildman–Crippen MR) is 104 cm³/mol. The van der Waals surface area contributed by atoms with Crippen LogP contribution in [0, 0.1) is 0 Å². The van der Waals surface area contributed by atoms with Crippen molar-refractivity contribution in [1.29, 1.82) is 0 Å². The molecule has 1 unspecified atom stereocenters. The minimum Gasteiger partial charge on any atom is -0.480 e. The minimum absolute atomic E-state index is 0.145. The summed E-state index contributed by atoms with van der Waals surface area (Å²) in [6.07, 6.45) is 4.03. The zero-order valence-electron chi connectivity index (χ0n) is 16.4. The quantitative estimate of drug-likeness (QED) is 0.742. The molecule has 2 aliphatic rings. The highest BCUT2D eigenvalue weighted by Crippen LogP contribution is 2.33. The van der Waals surface area contributed by atoms with E-state index in [1.807, 2.05) is 35.2 Å². The highest BCUT2D eigenvalue weighted by atomic mass is 16.4. The Morgan fingerprint density at radius 3 is 2.50 bits per heavy atom. The van der Waals surface area contributed by atoms with Gasteiger partial charge in [-0.1, -0.05) is 43.7 Å². The molecule has 1 aromatic rings. The number of nitrogens with one attached hydrogen (secondary N) is 1. The summed E-state index contributed by atoms with van der Waals surface area (Å²) >= 11 is 0. The van der Waals surface area contributed by atoms with E-state index in [-0.39, 0.29) is 18.4 Å². The molecule has 2 amide bonds. The van der Waals surface area contributed by atoms with Crippen molar-refractivity contribution in [3.63, 3.8) is 0 Å². The zero-order chi connectivity index (χ0) is 20.1. The van der Waals surface area contributed by atoms with Crippen LogP contribution in [0.3, 0.4) is 0 Å². The molecule has 3 rings (SSSR count). The molecule has 152 valence electrons. The number of piperidine rings is 1. The van der Waals surface area contributed by atoms with Crippen LogP contribution in [0.25, 0.3) is 0 Å². The molecule has 2 N–H and O–H groups in total. The number of rotatable bonds is 7. The lowest BCUT2D eigenvalue weighted by atomic mass is 9.95. The van der Waals surface area contributed by atoms with E-state index in [2.05, 4.69) is 12.2 Å². The van der Waals surface area contributed by atoms with Crippen LogP contribution in [0.2, 0.25) is 0 Å². The Kier molecular flexibility index (Phi) is 6.34. The molecule has 1 atom stereocenters. The summed E-state index contributed by atoms with van der Waals surface area (Å²) in [7, 11) is 0. The SMILES string of the molecule is CCCCC(=O)N1CCC2(CC1)NC(Cc1ccccc1)C(=O)N2CC(=O)O. The first-order chi connectivity index (χ1) is 13.4. The van der Waals surface area contributed by atoms with Crippen molar-refractivity contribution >= 4 is 17.8 Å². The number of benzene rings is 1. The lowest BCUT2D eigenvalue weighted by molar-refractivity contribution is -0.148. The molecule has 2 heterocycles. The molecule has 0 bridgehead atoms. The second-order valence-corrected chi connectivity index (χ2v) is 7.72. The molecule has 2 saturated heterocycles. The van der Waals surface area contributed by atoms with Gasteiger partial charge in [0.25, 0.3) is 0 Å². The van der Waals surface area contributed by atoms with Crippen LogP contribution in [0.5, 0.6) is 0 Å². The summed E-state index contributed by atoms with van der Waals surface area (Å²) in [4.78, 5) is 40.0. The third-order valence-electron chi connectivity index (χ3n) is 5.79. The van der Waals surface area contributed by atoms with Crippen molar-refractivity contribution in [2.24, 2.45) is 0 Å². The monoisotopic (exact) mass is 387 g/mol. The molecule has 28 heavy (non-hydrogen) atoms. The van der Waals surface area contributed by atoms with Crippen LogP contribution in [0.4, 0.5) is 0 Å². The Bertz CT molecular complexity index is 714. The van der Waals surface area contributed by atoms with Gasteiger partial charge >= 0.3 is 5.97 Å². The van der Waals surface area contributed by atoms with Gasteiger partial charge in [0, 0.05) is 32.4 Å². The minimum atomic E-state index is -1.02. The third-order valence-corrected chi connectivity index (χ3v) is 5.79. The lowest BCUT2D eigenvalue weighted by Crippen LogP contribution is -2.60. The van der Waals surface area contributed by atoms with E-state index in [0.717, 1.165) is 18.4 Å². The number of nitrogens with zero attached hydrogens (tertiary/aromatic N) is 2. The lowest BCUT2D eigenvalue weighted by Gasteiger charge is -2.44. The van der Waals surface area contributed by atoms with E-state index in [4.69, 9.17) is 0 Å². The molecule has 2 aliphatic heterocycles. The summed E-state index contributed by atoms with van der Waals surface area (Å²) in [5, 5.41) is 12.8. The summed E-state index contributed by atoms with van der Waals surface area (Å²) in [6, 6.07) is 9.29. The van der Waals surface area contributed by atoms with Crippen LogP contribution in [0.1, 0.15) is 44.6 Å². The van der Waals surface area contributed by atoms with Crippen molar-refractivity contribution in [2.45, 2.75) is 57.2 Å². The first-order valence-corrected chi connectivity index (χ1v) is 10.1. The molecule has 0 radical (unpaired) electrons. The van der Waals surface area contributed by atoms with Gasteiger partial charge in [0.05, 0.1) is 11.7 Å². The topological polar surface area (TPSA) is 90.0 Å². The Morgan fingerprint density at radius 2 is 1.89 bits per heavy atom. The first-order valence-electron chi connectivity index (χ1n) is 10.1.